The molecule has 20 heavy (non-hydrogen) atoms. The number of likely N-dealkylation sites (tertiary alicyclic amines) is 1. The number of benzene rings is 1. The molecule has 0 spiro atoms. The lowest BCUT2D eigenvalue weighted by Gasteiger charge is -2.32. The number of rotatable bonds is 3. The average molecular weight is 272 g/mol. The van der Waals surface area contributed by atoms with Crippen LogP contribution >= 0.6 is 0 Å². The first kappa shape index (κ1) is 13.7. The Labute approximate surface area is 120 Å². The van der Waals surface area contributed by atoms with Gasteiger partial charge in [0, 0.05) is 17.5 Å². The molecule has 1 saturated heterocycles. The van der Waals surface area contributed by atoms with Crippen LogP contribution in [0.4, 0.5) is 0 Å². The highest BCUT2D eigenvalue weighted by Gasteiger charge is 2.22. The molecule has 3 nitrogen and oxygen atoms in total. The molecule has 2 aromatic rings. The van der Waals surface area contributed by atoms with Crippen LogP contribution in [-0.4, -0.2) is 24.5 Å². The average Bonchev–Trinajstić information content (AvgIpc) is 2.86. The number of para-hydroxylation sites is 1. The summed E-state index contributed by atoms with van der Waals surface area (Å²) < 4.78 is 5.70. The molecule has 1 aromatic carbocycles. The third-order valence-corrected chi connectivity index (χ3v) is 4.42. The van der Waals surface area contributed by atoms with E-state index in [-0.39, 0.29) is 6.04 Å². The minimum Gasteiger partial charge on any atom is -0.464 e. The van der Waals surface area contributed by atoms with E-state index in [1.165, 1.54) is 43.1 Å². The van der Waals surface area contributed by atoms with Crippen LogP contribution in [0.3, 0.4) is 0 Å². The summed E-state index contributed by atoms with van der Waals surface area (Å²) in [6.07, 6.45) is 8.55. The van der Waals surface area contributed by atoms with Crippen LogP contribution in [0.15, 0.2) is 34.9 Å². The molecule has 108 valence electrons. The van der Waals surface area contributed by atoms with E-state index < -0.39 is 0 Å². The van der Waals surface area contributed by atoms with Crippen molar-refractivity contribution in [2.75, 3.05) is 19.6 Å². The molecule has 0 amide bonds. The fourth-order valence-corrected chi connectivity index (χ4v) is 3.31. The van der Waals surface area contributed by atoms with Crippen molar-refractivity contribution < 1.29 is 4.42 Å². The van der Waals surface area contributed by atoms with Crippen LogP contribution in [0.2, 0.25) is 0 Å². The van der Waals surface area contributed by atoms with Crippen molar-refractivity contribution in [2.45, 2.75) is 38.1 Å². The number of furan rings is 1. The van der Waals surface area contributed by atoms with E-state index in [0.717, 1.165) is 18.7 Å². The highest BCUT2D eigenvalue weighted by Crippen LogP contribution is 2.30. The van der Waals surface area contributed by atoms with E-state index >= 15 is 0 Å². The van der Waals surface area contributed by atoms with Gasteiger partial charge in [0.05, 0.1) is 12.3 Å². The maximum atomic E-state index is 6.09. The Morgan fingerprint density at radius 3 is 2.50 bits per heavy atom. The molecule has 0 radical (unpaired) electrons. The van der Waals surface area contributed by atoms with E-state index in [1.54, 1.807) is 0 Å². The van der Waals surface area contributed by atoms with Crippen LogP contribution < -0.4 is 5.73 Å². The fourth-order valence-electron chi connectivity index (χ4n) is 3.31. The number of hydrogen-bond donors (Lipinski definition) is 1. The van der Waals surface area contributed by atoms with E-state index in [2.05, 4.69) is 17.0 Å². The summed E-state index contributed by atoms with van der Waals surface area (Å²) in [4.78, 5) is 2.55. The highest BCUT2D eigenvalue weighted by atomic mass is 16.3. The lowest BCUT2D eigenvalue weighted by Crippen LogP contribution is -2.35. The molecule has 1 atom stereocenters. The second-order valence-corrected chi connectivity index (χ2v) is 5.74. The summed E-state index contributed by atoms with van der Waals surface area (Å²) in [5.74, 6) is 0. The zero-order valence-corrected chi connectivity index (χ0v) is 12.1. The van der Waals surface area contributed by atoms with Gasteiger partial charge in [0.25, 0.3) is 0 Å². The van der Waals surface area contributed by atoms with E-state index in [4.69, 9.17) is 10.2 Å². The Bertz CT molecular complexity index is 541. The van der Waals surface area contributed by atoms with Gasteiger partial charge >= 0.3 is 0 Å². The highest BCUT2D eigenvalue weighted by molar-refractivity contribution is 5.81. The number of nitrogens with two attached hydrogens (primary N) is 1. The van der Waals surface area contributed by atoms with E-state index in [1.807, 2.05) is 18.4 Å². The minimum absolute atomic E-state index is 0.289. The fraction of sp³-hybridized carbons (Fsp3) is 0.529. The lowest BCUT2D eigenvalue weighted by molar-refractivity contribution is 0.184. The zero-order chi connectivity index (χ0) is 13.8. The second-order valence-electron chi connectivity index (χ2n) is 5.74. The molecule has 1 aliphatic rings. The molecular weight excluding hydrogens is 248 g/mol. The molecule has 1 aromatic heterocycles. The molecular formula is C17H24N2O. The van der Waals surface area contributed by atoms with Crippen molar-refractivity contribution in [1.29, 1.82) is 0 Å². The van der Waals surface area contributed by atoms with Crippen molar-refractivity contribution in [2.24, 2.45) is 5.73 Å². The van der Waals surface area contributed by atoms with Gasteiger partial charge in [-0.1, -0.05) is 37.5 Å². The molecule has 0 aliphatic carbocycles. The third-order valence-electron chi connectivity index (χ3n) is 4.42. The second kappa shape index (κ2) is 6.42. The molecule has 0 bridgehead atoms. The summed E-state index contributed by atoms with van der Waals surface area (Å²) in [5, 5.41) is 1.21. The summed E-state index contributed by atoms with van der Waals surface area (Å²) >= 11 is 0. The van der Waals surface area contributed by atoms with Gasteiger partial charge in [0.15, 0.2) is 0 Å². The van der Waals surface area contributed by atoms with Gasteiger partial charge in [0.2, 0.25) is 0 Å². The van der Waals surface area contributed by atoms with Crippen LogP contribution in [0.1, 0.15) is 43.7 Å². The predicted molar refractivity (Wildman–Crippen MR) is 82.7 cm³/mol. The normalized spacial score (nSPS) is 19.6. The molecule has 2 heterocycles. The first-order valence-corrected chi connectivity index (χ1v) is 7.80. The maximum Gasteiger partial charge on any atom is 0.134 e. The Morgan fingerprint density at radius 1 is 1.05 bits per heavy atom. The minimum atomic E-state index is 0.289. The van der Waals surface area contributed by atoms with Crippen molar-refractivity contribution >= 4 is 11.0 Å². The van der Waals surface area contributed by atoms with Gasteiger partial charge in [-0.15, -0.1) is 0 Å². The quantitative estimate of drug-likeness (QED) is 0.926. The number of hydrogen-bond acceptors (Lipinski definition) is 3. The Hall–Kier alpha value is -1.32. The topological polar surface area (TPSA) is 42.4 Å². The van der Waals surface area contributed by atoms with Gasteiger partial charge in [-0.3, -0.25) is 4.90 Å². The van der Waals surface area contributed by atoms with E-state index in [9.17, 15) is 0 Å². The first-order valence-electron chi connectivity index (χ1n) is 7.80. The summed E-state index contributed by atoms with van der Waals surface area (Å²) in [7, 11) is 0. The Balaban J connectivity index is 1.88. The molecule has 2 N–H and O–H groups in total. The summed E-state index contributed by atoms with van der Waals surface area (Å²) in [6.45, 7) is 2.96. The van der Waals surface area contributed by atoms with Crippen LogP contribution in [0, 0.1) is 0 Å². The largest absolute Gasteiger partial charge is 0.464 e. The smallest absolute Gasteiger partial charge is 0.134 e. The zero-order valence-electron chi connectivity index (χ0n) is 12.1. The van der Waals surface area contributed by atoms with Gasteiger partial charge in [0.1, 0.15) is 5.58 Å². The van der Waals surface area contributed by atoms with Gasteiger partial charge in [-0.2, -0.15) is 0 Å². The van der Waals surface area contributed by atoms with Gasteiger partial charge in [-0.05, 0) is 32.0 Å². The molecule has 1 unspecified atom stereocenters. The number of fused-ring (bicyclic) bond motifs is 1. The van der Waals surface area contributed by atoms with Crippen molar-refractivity contribution in [3.8, 4) is 0 Å². The maximum absolute atomic E-state index is 6.09. The van der Waals surface area contributed by atoms with Crippen LogP contribution in [-0.2, 0) is 0 Å². The van der Waals surface area contributed by atoms with Crippen molar-refractivity contribution in [1.82, 2.24) is 4.90 Å². The van der Waals surface area contributed by atoms with Gasteiger partial charge in [-0.25, -0.2) is 0 Å². The predicted octanol–water partition coefficient (Wildman–Crippen LogP) is 3.70. The summed E-state index contributed by atoms with van der Waals surface area (Å²) in [6, 6.07) is 8.54. The third kappa shape index (κ3) is 2.74. The molecule has 3 heteroatoms. The van der Waals surface area contributed by atoms with Crippen LogP contribution in [0.5, 0.6) is 0 Å². The Morgan fingerprint density at radius 2 is 1.75 bits per heavy atom. The Kier molecular flexibility index (Phi) is 4.38. The molecule has 1 aliphatic heterocycles. The lowest BCUT2D eigenvalue weighted by atomic mass is 10.0. The number of nitrogens with zero attached hydrogens (tertiary/aromatic N) is 1. The standard InChI is InChI=1S/C17H24N2O/c18-12-16(19-10-6-2-1-3-7-11-19)15-13-20-17-9-5-4-8-14(15)17/h4-5,8-9,13,16H,1-3,6-7,10-12,18H2. The molecule has 0 saturated carbocycles. The first-order chi connectivity index (χ1) is 9.90. The van der Waals surface area contributed by atoms with Gasteiger partial charge < -0.3 is 10.2 Å². The SMILES string of the molecule is NCC(c1coc2ccccc12)N1CCCCCCC1. The van der Waals surface area contributed by atoms with Crippen molar-refractivity contribution in [3.63, 3.8) is 0 Å². The summed E-state index contributed by atoms with van der Waals surface area (Å²) in [5.41, 5.74) is 8.31. The van der Waals surface area contributed by atoms with Crippen molar-refractivity contribution in [3.05, 3.63) is 36.1 Å². The molecule has 3 rings (SSSR count). The monoisotopic (exact) mass is 272 g/mol. The van der Waals surface area contributed by atoms with Crippen LogP contribution in [0.25, 0.3) is 11.0 Å². The van der Waals surface area contributed by atoms with E-state index in [0.29, 0.717) is 6.54 Å². The molecule has 1 fully saturated rings.